The van der Waals surface area contributed by atoms with Crippen molar-refractivity contribution in [2.45, 2.75) is 25.9 Å². The molecule has 0 bridgehead atoms. The fraction of sp³-hybridized carbons (Fsp3) is 0.412. The number of carbonyl (C=O) groups is 2. The highest BCUT2D eigenvalue weighted by molar-refractivity contribution is 5.83. The van der Waals surface area contributed by atoms with Crippen LogP contribution < -0.4 is 14.8 Å². The Morgan fingerprint density at radius 3 is 2.35 bits per heavy atom. The maximum absolute atomic E-state index is 11.8. The Morgan fingerprint density at radius 2 is 1.83 bits per heavy atom. The van der Waals surface area contributed by atoms with Crippen LogP contribution in [0.4, 0.5) is 0 Å². The molecule has 1 unspecified atom stereocenters. The fourth-order valence-electron chi connectivity index (χ4n) is 1.88. The molecule has 0 aromatic heterocycles. The Morgan fingerprint density at radius 1 is 1.22 bits per heavy atom. The van der Waals surface area contributed by atoms with E-state index in [2.05, 4.69) is 11.9 Å². The lowest BCUT2D eigenvalue weighted by atomic mass is 10.1. The molecule has 1 aromatic rings. The van der Waals surface area contributed by atoms with Gasteiger partial charge < -0.3 is 19.5 Å². The molecule has 6 nitrogen and oxygen atoms in total. The Bertz CT molecular complexity index is 534. The van der Waals surface area contributed by atoms with E-state index in [0.717, 1.165) is 5.56 Å². The normalized spacial score (nSPS) is 11.3. The molecule has 1 atom stereocenters. The van der Waals surface area contributed by atoms with Crippen LogP contribution in [0.2, 0.25) is 0 Å². The summed E-state index contributed by atoms with van der Waals surface area (Å²) in [6, 6.07) is 5.42. The predicted molar refractivity (Wildman–Crippen MR) is 86.6 cm³/mol. The van der Waals surface area contributed by atoms with E-state index in [-0.39, 0.29) is 12.3 Å². The quantitative estimate of drug-likeness (QED) is 0.555. The molecule has 0 spiro atoms. The van der Waals surface area contributed by atoms with E-state index in [9.17, 15) is 9.59 Å². The van der Waals surface area contributed by atoms with Gasteiger partial charge >= 0.3 is 5.97 Å². The van der Waals surface area contributed by atoms with Crippen molar-refractivity contribution < 1.29 is 23.8 Å². The van der Waals surface area contributed by atoms with Crippen LogP contribution in [0.15, 0.2) is 30.9 Å². The average Bonchev–Trinajstić information content (AvgIpc) is 2.57. The Kier molecular flexibility index (Phi) is 7.66. The second kappa shape index (κ2) is 9.50. The summed E-state index contributed by atoms with van der Waals surface area (Å²) >= 11 is 0. The molecular weight excluding hydrogens is 298 g/mol. The number of hydrogen-bond acceptors (Lipinski definition) is 5. The zero-order valence-electron chi connectivity index (χ0n) is 13.8. The molecule has 0 radical (unpaired) electrons. The molecule has 126 valence electrons. The van der Waals surface area contributed by atoms with Crippen molar-refractivity contribution in [2.24, 2.45) is 0 Å². The summed E-state index contributed by atoms with van der Waals surface area (Å²) < 4.78 is 15.5. The lowest BCUT2D eigenvalue weighted by Crippen LogP contribution is -2.35. The third kappa shape index (κ3) is 6.42. The van der Waals surface area contributed by atoms with Crippen LogP contribution in [0.25, 0.3) is 0 Å². The lowest BCUT2D eigenvalue weighted by Gasteiger charge is -2.13. The van der Waals surface area contributed by atoms with Gasteiger partial charge in [0, 0.05) is 19.0 Å². The van der Waals surface area contributed by atoms with Gasteiger partial charge in [-0.25, -0.2) is 0 Å². The number of benzene rings is 1. The van der Waals surface area contributed by atoms with Gasteiger partial charge in [-0.15, -0.1) is 6.58 Å². The summed E-state index contributed by atoms with van der Waals surface area (Å²) in [6.07, 6.45) is 1.35. The van der Waals surface area contributed by atoms with Gasteiger partial charge in [-0.1, -0.05) is 6.08 Å². The third-order valence-electron chi connectivity index (χ3n) is 3.13. The van der Waals surface area contributed by atoms with Gasteiger partial charge in [-0.3, -0.25) is 9.59 Å². The van der Waals surface area contributed by atoms with E-state index in [0.29, 0.717) is 24.5 Å². The monoisotopic (exact) mass is 321 g/mol. The summed E-state index contributed by atoms with van der Waals surface area (Å²) in [6.45, 7) is 5.37. The van der Waals surface area contributed by atoms with Crippen LogP contribution in [0, 0.1) is 0 Å². The number of ether oxygens (including phenoxy) is 3. The van der Waals surface area contributed by atoms with Crippen molar-refractivity contribution in [3.8, 4) is 11.5 Å². The molecule has 0 aliphatic carbocycles. The highest BCUT2D eigenvalue weighted by atomic mass is 16.5. The van der Waals surface area contributed by atoms with Gasteiger partial charge in [-0.05, 0) is 31.0 Å². The van der Waals surface area contributed by atoms with Gasteiger partial charge in [0.1, 0.15) is 11.5 Å². The summed E-state index contributed by atoms with van der Waals surface area (Å²) in [5.74, 6) is 0.532. The number of aryl methyl sites for hydroxylation is 1. The fourth-order valence-corrected chi connectivity index (χ4v) is 1.88. The van der Waals surface area contributed by atoms with E-state index < -0.39 is 12.1 Å². The van der Waals surface area contributed by atoms with Crippen molar-refractivity contribution in [1.82, 2.24) is 5.32 Å². The van der Waals surface area contributed by atoms with Crippen molar-refractivity contribution in [3.05, 3.63) is 36.4 Å². The van der Waals surface area contributed by atoms with E-state index in [4.69, 9.17) is 14.2 Å². The average molecular weight is 321 g/mol. The van der Waals surface area contributed by atoms with Crippen molar-refractivity contribution >= 4 is 11.9 Å². The molecule has 0 heterocycles. The zero-order valence-corrected chi connectivity index (χ0v) is 13.8. The second-order valence-electron chi connectivity index (χ2n) is 4.89. The summed E-state index contributed by atoms with van der Waals surface area (Å²) in [5, 5.41) is 2.57. The van der Waals surface area contributed by atoms with Gasteiger partial charge in [0.15, 0.2) is 6.10 Å². The predicted octanol–water partition coefficient (Wildman–Crippen LogP) is 1.87. The van der Waals surface area contributed by atoms with Crippen molar-refractivity contribution in [3.63, 3.8) is 0 Å². The number of methoxy groups -OCH3 is 2. The van der Waals surface area contributed by atoms with E-state index >= 15 is 0 Å². The Balaban J connectivity index is 2.52. The topological polar surface area (TPSA) is 73.9 Å². The molecule has 0 aliphatic rings. The molecule has 0 saturated heterocycles. The standard InChI is InChI=1S/C17H23NO5/c1-5-8-18-17(20)12(2)23-16(19)7-6-13-9-14(21-3)11-15(10-13)22-4/h5,9-12H,1,6-8H2,2-4H3,(H,18,20). The molecule has 0 saturated carbocycles. The molecule has 0 fully saturated rings. The third-order valence-corrected chi connectivity index (χ3v) is 3.13. The lowest BCUT2D eigenvalue weighted by molar-refractivity contribution is -0.154. The highest BCUT2D eigenvalue weighted by Crippen LogP contribution is 2.23. The number of carbonyl (C=O) groups excluding carboxylic acids is 2. The first-order chi connectivity index (χ1) is 11.0. The minimum Gasteiger partial charge on any atom is -0.497 e. The first kappa shape index (κ1) is 18.5. The summed E-state index contributed by atoms with van der Waals surface area (Å²) in [4.78, 5) is 23.4. The second-order valence-corrected chi connectivity index (χ2v) is 4.89. The van der Waals surface area contributed by atoms with Gasteiger partial charge in [0.2, 0.25) is 0 Å². The Hall–Kier alpha value is -2.50. The number of nitrogens with one attached hydrogen (secondary N) is 1. The maximum atomic E-state index is 11.8. The molecule has 1 amide bonds. The summed E-state index contributed by atoms with van der Waals surface area (Å²) in [5.41, 5.74) is 0.891. The number of amides is 1. The molecule has 0 aliphatic heterocycles. The van der Waals surface area contributed by atoms with E-state index in [1.165, 1.54) is 6.92 Å². The van der Waals surface area contributed by atoms with Crippen LogP contribution in [-0.2, 0) is 20.7 Å². The Labute approximate surface area is 136 Å². The molecule has 1 N–H and O–H groups in total. The van der Waals surface area contributed by atoms with E-state index in [1.807, 2.05) is 12.1 Å². The number of rotatable bonds is 9. The number of esters is 1. The van der Waals surface area contributed by atoms with E-state index in [1.54, 1.807) is 26.4 Å². The summed E-state index contributed by atoms with van der Waals surface area (Å²) in [7, 11) is 3.13. The van der Waals surface area contributed by atoms with Crippen molar-refractivity contribution in [2.75, 3.05) is 20.8 Å². The largest absolute Gasteiger partial charge is 0.497 e. The van der Waals surface area contributed by atoms with Crippen LogP contribution >= 0.6 is 0 Å². The SMILES string of the molecule is C=CCNC(=O)C(C)OC(=O)CCc1cc(OC)cc(OC)c1. The number of hydrogen-bond donors (Lipinski definition) is 1. The first-order valence-electron chi connectivity index (χ1n) is 7.30. The minimum atomic E-state index is -0.831. The van der Waals surface area contributed by atoms with Crippen LogP contribution in [0.5, 0.6) is 11.5 Å². The minimum absolute atomic E-state index is 0.162. The highest BCUT2D eigenvalue weighted by Gasteiger charge is 2.17. The van der Waals surface area contributed by atoms with Crippen molar-refractivity contribution in [1.29, 1.82) is 0 Å². The molecule has 6 heteroatoms. The van der Waals surface area contributed by atoms with Crippen LogP contribution in [0.3, 0.4) is 0 Å². The molecule has 1 aromatic carbocycles. The molecular formula is C17H23NO5. The van der Waals surface area contributed by atoms with Crippen LogP contribution in [-0.4, -0.2) is 38.7 Å². The van der Waals surface area contributed by atoms with Gasteiger partial charge in [0.25, 0.3) is 5.91 Å². The molecule has 1 rings (SSSR count). The smallest absolute Gasteiger partial charge is 0.306 e. The maximum Gasteiger partial charge on any atom is 0.306 e. The van der Waals surface area contributed by atoms with Gasteiger partial charge in [-0.2, -0.15) is 0 Å². The van der Waals surface area contributed by atoms with Gasteiger partial charge in [0.05, 0.1) is 14.2 Å². The van der Waals surface area contributed by atoms with Crippen LogP contribution in [0.1, 0.15) is 18.9 Å². The molecule has 23 heavy (non-hydrogen) atoms. The zero-order chi connectivity index (χ0) is 17.2. The first-order valence-corrected chi connectivity index (χ1v) is 7.30.